The number of hydrogen-bond donors (Lipinski definition) is 0. The van der Waals surface area contributed by atoms with E-state index in [2.05, 4.69) is 0 Å². The normalized spacial score (nSPS) is 17.9. The van der Waals surface area contributed by atoms with Gasteiger partial charge in [-0.2, -0.15) is 0 Å². The number of ether oxygens (including phenoxy) is 3. The summed E-state index contributed by atoms with van der Waals surface area (Å²) < 4.78 is 22.1. The van der Waals surface area contributed by atoms with E-state index < -0.39 is 0 Å². The molecule has 0 aliphatic heterocycles. The molecular weight excluding hydrogens is 420 g/mol. The Hall–Kier alpha value is -2.83. The van der Waals surface area contributed by atoms with Crippen LogP contribution >= 0.6 is 11.6 Å². The molecule has 31 heavy (non-hydrogen) atoms. The van der Waals surface area contributed by atoms with Crippen molar-refractivity contribution in [2.24, 2.45) is 5.92 Å². The van der Waals surface area contributed by atoms with Crippen molar-refractivity contribution in [2.45, 2.75) is 25.9 Å². The lowest BCUT2D eigenvalue weighted by molar-refractivity contribution is -0.154. The van der Waals surface area contributed by atoms with Crippen LogP contribution in [0.25, 0.3) is 22.3 Å². The van der Waals surface area contributed by atoms with Crippen LogP contribution in [0.1, 0.15) is 19.8 Å². The molecule has 1 aliphatic carbocycles. The second-order valence-corrected chi connectivity index (χ2v) is 7.91. The highest BCUT2D eigenvalue weighted by molar-refractivity contribution is 6.34. The number of carbonyl (C=O) groups excluding carboxylic acids is 1. The van der Waals surface area contributed by atoms with Gasteiger partial charge in [-0.3, -0.25) is 4.79 Å². The van der Waals surface area contributed by atoms with Crippen LogP contribution in [0.3, 0.4) is 0 Å². The zero-order valence-corrected chi connectivity index (χ0v) is 17.9. The van der Waals surface area contributed by atoms with Gasteiger partial charge in [0.1, 0.15) is 18.1 Å². The summed E-state index contributed by atoms with van der Waals surface area (Å²) in [6.07, 6.45) is 1.81. The van der Waals surface area contributed by atoms with Crippen LogP contribution in [0.15, 0.2) is 57.7 Å². The zero-order chi connectivity index (χ0) is 21.8. The van der Waals surface area contributed by atoms with Gasteiger partial charge in [0.05, 0.1) is 29.7 Å². The first-order valence-electron chi connectivity index (χ1n) is 10.3. The van der Waals surface area contributed by atoms with Gasteiger partial charge in [0.2, 0.25) is 0 Å². The van der Waals surface area contributed by atoms with Crippen molar-refractivity contribution in [1.29, 1.82) is 0 Å². The van der Waals surface area contributed by atoms with Crippen LogP contribution in [0.5, 0.6) is 5.75 Å². The molecule has 7 heteroatoms. The fraction of sp³-hybridized carbons (Fsp3) is 0.333. The average molecular weight is 443 g/mol. The standard InChI is InChI=1S/C24H23ClO6/c1-2-28-23(27)14-30-18-10-15(11-18)13-29-17-8-6-16(7-9-17)22-12-21(26)19-4-3-5-20(25)24(19)31-22/h3-9,12,15,18H,2,10-11,13-14H2,1H3. The number of hydrogen-bond acceptors (Lipinski definition) is 6. The van der Waals surface area contributed by atoms with Gasteiger partial charge in [0.15, 0.2) is 11.0 Å². The number of rotatable bonds is 8. The maximum Gasteiger partial charge on any atom is 0.332 e. The van der Waals surface area contributed by atoms with Crippen molar-refractivity contribution in [3.05, 3.63) is 63.8 Å². The van der Waals surface area contributed by atoms with Crippen LogP contribution in [-0.4, -0.2) is 31.9 Å². The maximum atomic E-state index is 12.4. The van der Waals surface area contributed by atoms with Gasteiger partial charge in [0.25, 0.3) is 0 Å². The van der Waals surface area contributed by atoms with E-state index >= 15 is 0 Å². The zero-order valence-electron chi connectivity index (χ0n) is 17.1. The molecule has 0 saturated heterocycles. The van der Waals surface area contributed by atoms with Crippen LogP contribution < -0.4 is 10.2 Å². The summed E-state index contributed by atoms with van der Waals surface area (Å²) in [5.74, 6) is 1.26. The average Bonchev–Trinajstić information content (AvgIpc) is 2.73. The van der Waals surface area contributed by atoms with E-state index in [1.807, 2.05) is 24.3 Å². The second kappa shape index (κ2) is 9.54. The fourth-order valence-electron chi connectivity index (χ4n) is 3.55. The number of benzene rings is 2. The molecule has 1 aromatic heterocycles. The second-order valence-electron chi connectivity index (χ2n) is 7.50. The molecule has 0 unspecified atom stereocenters. The number of esters is 1. The first kappa shape index (κ1) is 21.4. The minimum Gasteiger partial charge on any atom is -0.493 e. The minimum atomic E-state index is -0.327. The van der Waals surface area contributed by atoms with Gasteiger partial charge in [-0.25, -0.2) is 4.79 Å². The Balaban J connectivity index is 1.31. The van der Waals surface area contributed by atoms with Crippen LogP contribution in [0, 0.1) is 5.92 Å². The van der Waals surface area contributed by atoms with E-state index in [1.165, 1.54) is 6.07 Å². The van der Waals surface area contributed by atoms with Crippen molar-refractivity contribution in [3.8, 4) is 17.1 Å². The van der Waals surface area contributed by atoms with Crippen molar-refractivity contribution >= 4 is 28.5 Å². The summed E-state index contributed by atoms with van der Waals surface area (Å²) in [6.45, 7) is 2.72. The topological polar surface area (TPSA) is 75.0 Å². The van der Waals surface area contributed by atoms with Crippen molar-refractivity contribution in [3.63, 3.8) is 0 Å². The highest BCUT2D eigenvalue weighted by Gasteiger charge is 2.31. The molecular formula is C24H23ClO6. The summed E-state index contributed by atoms with van der Waals surface area (Å²) in [7, 11) is 0. The number of halogens is 1. The number of carbonyl (C=O) groups is 1. The van der Waals surface area contributed by atoms with Gasteiger partial charge in [-0.05, 0) is 62.1 Å². The summed E-state index contributed by atoms with van der Waals surface area (Å²) in [5.41, 5.74) is 1.02. The molecule has 4 rings (SSSR count). The highest BCUT2D eigenvalue weighted by atomic mass is 35.5. The molecule has 1 heterocycles. The molecule has 1 saturated carbocycles. The van der Waals surface area contributed by atoms with E-state index in [0.29, 0.717) is 40.9 Å². The predicted octanol–water partition coefficient (Wildman–Crippen LogP) is 4.85. The molecule has 0 spiro atoms. The number of fused-ring (bicyclic) bond motifs is 1. The Labute approximate surface area is 184 Å². The lowest BCUT2D eigenvalue weighted by Crippen LogP contribution is -2.36. The first-order valence-corrected chi connectivity index (χ1v) is 10.6. The Bertz CT molecular complexity index is 1120. The van der Waals surface area contributed by atoms with Gasteiger partial charge in [-0.15, -0.1) is 0 Å². The van der Waals surface area contributed by atoms with Crippen molar-refractivity contribution in [1.82, 2.24) is 0 Å². The van der Waals surface area contributed by atoms with E-state index in [-0.39, 0.29) is 24.1 Å². The van der Waals surface area contributed by atoms with Gasteiger partial charge >= 0.3 is 5.97 Å². The van der Waals surface area contributed by atoms with Crippen LogP contribution in [0.2, 0.25) is 5.02 Å². The molecule has 0 radical (unpaired) electrons. The Morgan fingerprint density at radius 2 is 1.94 bits per heavy atom. The SMILES string of the molecule is CCOC(=O)COC1CC(COc2ccc(-c3cc(=O)c4cccc(Cl)c4o3)cc2)C1. The largest absolute Gasteiger partial charge is 0.493 e. The third-order valence-electron chi connectivity index (χ3n) is 5.27. The van der Waals surface area contributed by atoms with Gasteiger partial charge in [-0.1, -0.05) is 17.7 Å². The summed E-state index contributed by atoms with van der Waals surface area (Å²) >= 11 is 6.18. The monoisotopic (exact) mass is 442 g/mol. The minimum absolute atomic E-state index is 0.00363. The quantitative estimate of drug-likeness (QED) is 0.464. The Morgan fingerprint density at radius 1 is 1.16 bits per heavy atom. The number of para-hydroxylation sites is 1. The van der Waals surface area contributed by atoms with Crippen LogP contribution in [0.4, 0.5) is 0 Å². The van der Waals surface area contributed by atoms with Gasteiger partial charge in [0, 0.05) is 11.6 Å². The van der Waals surface area contributed by atoms with Gasteiger partial charge < -0.3 is 18.6 Å². The Kier molecular flexibility index (Phi) is 6.59. The third-order valence-corrected chi connectivity index (χ3v) is 5.56. The van der Waals surface area contributed by atoms with Crippen LogP contribution in [-0.2, 0) is 14.3 Å². The molecule has 3 aromatic rings. The molecule has 162 valence electrons. The molecule has 0 amide bonds. The van der Waals surface area contributed by atoms with Crippen molar-refractivity contribution < 1.29 is 23.4 Å². The molecule has 0 atom stereocenters. The third kappa shape index (κ3) is 5.09. The molecule has 0 bridgehead atoms. The molecule has 6 nitrogen and oxygen atoms in total. The summed E-state index contributed by atoms with van der Waals surface area (Å²) in [6, 6.07) is 14.0. The van der Waals surface area contributed by atoms with E-state index in [9.17, 15) is 9.59 Å². The van der Waals surface area contributed by atoms with E-state index in [4.69, 9.17) is 30.2 Å². The Morgan fingerprint density at radius 3 is 2.68 bits per heavy atom. The smallest absolute Gasteiger partial charge is 0.332 e. The molecule has 2 aromatic carbocycles. The lowest BCUT2D eigenvalue weighted by atomic mass is 9.83. The summed E-state index contributed by atoms with van der Waals surface area (Å²) in [5, 5.41) is 0.864. The molecule has 0 N–H and O–H groups in total. The molecule has 1 aliphatic rings. The maximum absolute atomic E-state index is 12.4. The lowest BCUT2D eigenvalue weighted by Gasteiger charge is -2.34. The first-order chi connectivity index (χ1) is 15.0. The van der Waals surface area contributed by atoms with E-state index in [0.717, 1.165) is 24.2 Å². The fourth-order valence-corrected chi connectivity index (χ4v) is 3.76. The highest BCUT2D eigenvalue weighted by Crippen LogP contribution is 2.31. The van der Waals surface area contributed by atoms with E-state index in [1.54, 1.807) is 25.1 Å². The molecule has 1 fully saturated rings. The predicted molar refractivity (Wildman–Crippen MR) is 118 cm³/mol. The summed E-state index contributed by atoms with van der Waals surface area (Å²) in [4.78, 5) is 23.7. The van der Waals surface area contributed by atoms with Crippen molar-refractivity contribution in [2.75, 3.05) is 19.8 Å².